The van der Waals surface area contributed by atoms with Crippen molar-refractivity contribution in [1.29, 1.82) is 0 Å². The van der Waals surface area contributed by atoms with E-state index in [0.717, 1.165) is 12.8 Å². The van der Waals surface area contributed by atoms with Crippen LogP contribution in [0.4, 0.5) is 0 Å². The average Bonchev–Trinajstić information content (AvgIpc) is 2.29. The zero-order valence-corrected chi connectivity index (χ0v) is 10.2. The van der Waals surface area contributed by atoms with E-state index < -0.39 is 0 Å². The van der Waals surface area contributed by atoms with Crippen molar-refractivity contribution in [2.45, 2.75) is 45.6 Å². The molecule has 1 saturated heterocycles. The minimum absolute atomic E-state index is 0.164. The summed E-state index contributed by atoms with van der Waals surface area (Å²) >= 11 is 0. The molecule has 1 heterocycles. The molecule has 0 amide bonds. The lowest BCUT2D eigenvalue weighted by Gasteiger charge is -2.30. The van der Waals surface area contributed by atoms with Gasteiger partial charge in [-0.15, -0.1) is 0 Å². The first kappa shape index (κ1) is 13.2. The predicted molar refractivity (Wildman–Crippen MR) is 61.1 cm³/mol. The molecule has 1 fully saturated rings. The quantitative estimate of drug-likeness (QED) is 0.526. The third-order valence-electron chi connectivity index (χ3n) is 2.99. The molecule has 0 saturated carbocycles. The van der Waals surface area contributed by atoms with Crippen molar-refractivity contribution < 1.29 is 14.3 Å². The van der Waals surface area contributed by atoms with Gasteiger partial charge in [0.2, 0.25) is 0 Å². The summed E-state index contributed by atoms with van der Waals surface area (Å²) in [7, 11) is 0. The summed E-state index contributed by atoms with van der Waals surface area (Å²) in [5.74, 6) is 0.130. The molecule has 92 valence electrons. The van der Waals surface area contributed by atoms with Crippen LogP contribution in [0.25, 0.3) is 0 Å². The number of carbonyl (C=O) groups excluding carboxylic acids is 2. The summed E-state index contributed by atoms with van der Waals surface area (Å²) in [6.45, 7) is 5.79. The van der Waals surface area contributed by atoms with Gasteiger partial charge in [0.15, 0.2) is 0 Å². The van der Waals surface area contributed by atoms with Crippen LogP contribution < -0.4 is 0 Å². The number of carbonyl (C=O) groups is 2. The van der Waals surface area contributed by atoms with Crippen LogP contribution in [0.5, 0.6) is 0 Å². The Morgan fingerprint density at radius 1 is 1.44 bits per heavy atom. The Labute approximate surface area is 96.9 Å². The number of ketones is 1. The fourth-order valence-electron chi connectivity index (χ4n) is 1.75. The molecule has 0 bridgehead atoms. The lowest BCUT2D eigenvalue weighted by Crippen LogP contribution is -2.44. The number of rotatable bonds is 5. The highest BCUT2D eigenvalue weighted by atomic mass is 16.5. The lowest BCUT2D eigenvalue weighted by molar-refractivity contribution is -0.150. The number of likely N-dealkylation sites (tertiary alicyclic amines) is 1. The highest BCUT2D eigenvalue weighted by Crippen LogP contribution is 2.10. The molecule has 0 aromatic heterocycles. The Morgan fingerprint density at radius 2 is 2.06 bits per heavy atom. The smallest absolute Gasteiger partial charge is 0.323 e. The van der Waals surface area contributed by atoms with Crippen molar-refractivity contribution in [2.75, 3.05) is 19.7 Å². The van der Waals surface area contributed by atoms with Gasteiger partial charge in [-0.25, -0.2) is 0 Å². The Balaban J connectivity index is 2.29. The molecule has 16 heavy (non-hydrogen) atoms. The molecule has 0 N–H and O–H groups in total. The second-order valence-corrected chi connectivity index (χ2v) is 4.27. The molecular formula is C12H21NO3. The number of hydrogen-bond donors (Lipinski definition) is 0. The van der Waals surface area contributed by atoms with Crippen LogP contribution >= 0.6 is 0 Å². The summed E-state index contributed by atoms with van der Waals surface area (Å²) in [4.78, 5) is 24.7. The predicted octanol–water partition coefficient (Wildman–Crippen LogP) is 1.38. The maximum Gasteiger partial charge on any atom is 0.323 e. The topological polar surface area (TPSA) is 46.6 Å². The van der Waals surface area contributed by atoms with E-state index in [0.29, 0.717) is 38.3 Å². The lowest BCUT2D eigenvalue weighted by atomic mass is 10.1. The summed E-state index contributed by atoms with van der Waals surface area (Å²) in [5.41, 5.74) is 0. The van der Waals surface area contributed by atoms with E-state index in [-0.39, 0.29) is 12.0 Å². The Morgan fingerprint density at radius 3 is 2.62 bits per heavy atom. The maximum absolute atomic E-state index is 11.6. The van der Waals surface area contributed by atoms with Crippen LogP contribution in [0.2, 0.25) is 0 Å². The van der Waals surface area contributed by atoms with Crippen molar-refractivity contribution in [2.24, 2.45) is 0 Å². The number of hydrogen-bond acceptors (Lipinski definition) is 4. The number of piperidine rings is 1. The summed E-state index contributed by atoms with van der Waals surface area (Å²) in [6.07, 6.45) is 3.07. The van der Waals surface area contributed by atoms with Crippen LogP contribution in [-0.4, -0.2) is 42.4 Å². The van der Waals surface area contributed by atoms with E-state index in [1.54, 1.807) is 0 Å². The molecule has 0 aromatic carbocycles. The first-order valence-electron chi connectivity index (χ1n) is 6.07. The molecule has 1 rings (SSSR count). The molecule has 1 atom stereocenters. The van der Waals surface area contributed by atoms with E-state index in [1.807, 2.05) is 11.8 Å². The van der Waals surface area contributed by atoms with Gasteiger partial charge in [-0.1, -0.05) is 13.3 Å². The molecule has 4 nitrogen and oxygen atoms in total. The standard InChI is InChI=1S/C12H21NO3/c1-3-4-9-16-12(15)10(2)13-7-5-11(14)6-8-13/h10H,3-9H2,1-2H3. The van der Waals surface area contributed by atoms with Crippen LogP contribution in [0.1, 0.15) is 39.5 Å². The monoisotopic (exact) mass is 227 g/mol. The number of esters is 1. The number of ether oxygens (including phenoxy) is 1. The molecule has 0 aromatic rings. The van der Waals surface area contributed by atoms with Gasteiger partial charge >= 0.3 is 5.97 Å². The molecule has 0 aliphatic carbocycles. The van der Waals surface area contributed by atoms with E-state index in [2.05, 4.69) is 6.92 Å². The Bertz CT molecular complexity index is 243. The zero-order valence-electron chi connectivity index (χ0n) is 10.2. The molecule has 1 aliphatic heterocycles. The highest BCUT2D eigenvalue weighted by Gasteiger charge is 2.26. The van der Waals surface area contributed by atoms with Crippen molar-refractivity contribution in [3.63, 3.8) is 0 Å². The number of Topliss-reactive ketones (excluding diaryl/α,β-unsaturated/α-hetero) is 1. The summed E-state index contributed by atoms with van der Waals surface area (Å²) in [6, 6.07) is -0.218. The summed E-state index contributed by atoms with van der Waals surface area (Å²) < 4.78 is 5.16. The fraction of sp³-hybridized carbons (Fsp3) is 0.833. The van der Waals surface area contributed by atoms with Crippen LogP contribution in [0.15, 0.2) is 0 Å². The number of nitrogens with zero attached hydrogens (tertiary/aromatic N) is 1. The molecule has 1 aliphatic rings. The second kappa shape index (κ2) is 6.63. The van der Waals surface area contributed by atoms with E-state index in [1.165, 1.54) is 0 Å². The summed E-state index contributed by atoms with van der Waals surface area (Å²) in [5, 5.41) is 0. The molecule has 4 heteroatoms. The molecule has 0 spiro atoms. The van der Waals surface area contributed by atoms with Crippen molar-refractivity contribution in [3.8, 4) is 0 Å². The second-order valence-electron chi connectivity index (χ2n) is 4.27. The van der Waals surface area contributed by atoms with Crippen molar-refractivity contribution in [3.05, 3.63) is 0 Å². The van der Waals surface area contributed by atoms with Crippen LogP contribution in [-0.2, 0) is 14.3 Å². The Hall–Kier alpha value is -0.900. The molecule has 1 unspecified atom stereocenters. The van der Waals surface area contributed by atoms with Gasteiger partial charge in [0, 0.05) is 25.9 Å². The SMILES string of the molecule is CCCCOC(=O)C(C)N1CCC(=O)CC1. The van der Waals surface area contributed by atoms with Gasteiger partial charge in [-0.3, -0.25) is 14.5 Å². The van der Waals surface area contributed by atoms with Crippen molar-refractivity contribution in [1.82, 2.24) is 4.90 Å². The van der Waals surface area contributed by atoms with Crippen LogP contribution in [0, 0.1) is 0 Å². The van der Waals surface area contributed by atoms with E-state index in [4.69, 9.17) is 4.74 Å². The first-order valence-corrected chi connectivity index (χ1v) is 6.07. The fourth-order valence-corrected chi connectivity index (χ4v) is 1.75. The Kier molecular flexibility index (Phi) is 5.46. The van der Waals surface area contributed by atoms with Gasteiger partial charge in [0.25, 0.3) is 0 Å². The van der Waals surface area contributed by atoms with Gasteiger partial charge in [0.05, 0.1) is 6.61 Å². The third-order valence-corrected chi connectivity index (χ3v) is 2.99. The largest absolute Gasteiger partial charge is 0.465 e. The minimum atomic E-state index is -0.218. The van der Waals surface area contributed by atoms with E-state index in [9.17, 15) is 9.59 Å². The van der Waals surface area contributed by atoms with Crippen molar-refractivity contribution >= 4 is 11.8 Å². The molecular weight excluding hydrogens is 206 g/mol. The average molecular weight is 227 g/mol. The zero-order chi connectivity index (χ0) is 12.0. The third kappa shape index (κ3) is 3.93. The minimum Gasteiger partial charge on any atom is -0.465 e. The highest BCUT2D eigenvalue weighted by molar-refractivity contribution is 5.80. The van der Waals surface area contributed by atoms with E-state index >= 15 is 0 Å². The van der Waals surface area contributed by atoms with Gasteiger partial charge in [-0.2, -0.15) is 0 Å². The maximum atomic E-state index is 11.6. The van der Waals surface area contributed by atoms with Gasteiger partial charge < -0.3 is 4.74 Å². The normalized spacial score (nSPS) is 19.5. The molecule has 0 radical (unpaired) electrons. The first-order chi connectivity index (χ1) is 7.65. The number of unbranched alkanes of at least 4 members (excludes halogenated alkanes) is 1. The van der Waals surface area contributed by atoms with Gasteiger partial charge in [-0.05, 0) is 13.3 Å². The van der Waals surface area contributed by atoms with Gasteiger partial charge in [0.1, 0.15) is 11.8 Å². The van der Waals surface area contributed by atoms with Crippen LogP contribution in [0.3, 0.4) is 0 Å².